The van der Waals surface area contributed by atoms with Gasteiger partial charge in [0.15, 0.2) is 0 Å². The molecule has 0 rings (SSSR count). The summed E-state index contributed by atoms with van der Waals surface area (Å²) in [6.45, 7) is 1.34. The van der Waals surface area contributed by atoms with E-state index in [1.54, 1.807) is 0 Å². The first-order valence-corrected chi connectivity index (χ1v) is 3.79. The van der Waals surface area contributed by atoms with Crippen molar-refractivity contribution in [2.75, 3.05) is 19.0 Å². The minimum Gasteiger partial charge on any atom is -0.481 e. The highest BCUT2D eigenvalue weighted by molar-refractivity contribution is 6.17. The number of nitrogens with one attached hydrogen (secondary N) is 1. The van der Waals surface area contributed by atoms with Crippen LogP contribution in [0.3, 0.4) is 0 Å². The summed E-state index contributed by atoms with van der Waals surface area (Å²) in [5.74, 6) is -0.140. The minimum absolute atomic E-state index is 0.183. The van der Waals surface area contributed by atoms with Gasteiger partial charge in [-0.2, -0.15) is 0 Å². The van der Waals surface area contributed by atoms with Crippen LogP contribution in [0.15, 0.2) is 0 Å². The standard InChI is InChI=1S/C6H12ClNO2/c7-3-1-4-8-5-2-6(9)10/h8H,1-5H2,(H,9,10). The Morgan fingerprint density at radius 2 is 2.20 bits per heavy atom. The Morgan fingerprint density at radius 3 is 2.70 bits per heavy atom. The number of rotatable bonds is 6. The average Bonchev–Trinajstić information content (AvgIpc) is 1.87. The molecule has 0 atom stereocenters. The van der Waals surface area contributed by atoms with E-state index in [9.17, 15) is 4.79 Å². The lowest BCUT2D eigenvalue weighted by molar-refractivity contribution is -0.136. The van der Waals surface area contributed by atoms with Gasteiger partial charge in [0.05, 0.1) is 6.42 Å². The maximum atomic E-state index is 9.97. The highest BCUT2D eigenvalue weighted by Crippen LogP contribution is 1.81. The van der Waals surface area contributed by atoms with Crippen LogP contribution < -0.4 is 5.32 Å². The molecule has 0 aromatic carbocycles. The van der Waals surface area contributed by atoms with Crippen molar-refractivity contribution in [2.24, 2.45) is 0 Å². The van der Waals surface area contributed by atoms with Gasteiger partial charge >= 0.3 is 5.97 Å². The van der Waals surface area contributed by atoms with Crippen LogP contribution in [0.5, 0.6) is 0 Å². The van der Waals surface area contributed by atoms with E-state index in [4.69, 9.17) is 16.7 Å². The average molecular weight is 166 g/mol. The topological polar surface area (TPSA) is 49.3 Å². The van der Waals surface area contributed by atoms with Crippen LogP contribution in [0.4, 0.5) is 0 Å². The third-order valence-electron chi connectivity index (χ3n) is 1.00. The van der Waals surface area contributed by atoms with Crippen molar-refractivity contribution >= 4 is 17.6 Å². The molecule has 3 nitrogen and oxygen atoms in total. The number of hydrogen-bond donors (Lipinski definition) is 2. The van der Waals surface area contributed by atoms with Crippen LogP contribution in [-0.2, 0) is 4.79 Å². The highest BCUT2D eigenvalue weighted by Gasteiger charge is 1.93. The maximum absolute atomic E-state index is 9.97. The van der Waals surface area contributed by atoms with Crippen LogP contribution in [0, 0.1) is 0 Å². The highest BCUT2D eigenvalue weighted by atomic mass is 35.5. The lowest BCUT2D eigenvalue weighted by atomic mass is 10.4. The predicted octanol–water partition coefficient (Wildman–Crippen LogP) is 0.680. The Kier molecular flexibility index (Phi) is 6.64. The van der Waals surface area contributed by atoms with Gasteiger partial charge in [-0.1, -0.05) is 0 Å². The fourth-order valence-corrected chi connectivity index (χ4v) is 0.646. The quantitative estimate of drug-likeness (QED) is 0.450. The number of aliphatic carboxylic acids is 1. The molecule has 0 aromatic heterocycles. The van der Waals surface area contributed by atoms with Crippen LogP contribution in [0.1, 0.15) is 12.8 Å². The van der Waals surface area contributed by atoms with Gasteiger partial charge in [0.2, 0.25) is 0 Å². The molecule has 0 aliphatic heterocycles. The van der Waals surface area contributed by atoms with E-state index in [1.165, 1.54) is 0 Å². The zero-order chi connectivity index (χ0) is 7.82. The summed E-state index contributed by atoms with van der Waals surface area (Å²) in [6.07, 6.45) is 1.07. The van der Waals surface area contributed by atoms with Gasteiger partial charge in [-0.3, -0.25) is 4.79 Å². The van der Waals surface area contributed by atoms with Crippen molar-refractivity contribution in [2.45, 2.75) is 12.8 Å². The number of halogens is 1. The zero-order valence-electron chi connectivity index (χ0n) is 5.77. The molecule has 0 aliphatic carbocycles. The zero-order valence-corrected chi connectivity index (χ0v) is 6.52. The molecule has 0 aromatic rings. The molecule has 0 saturated heterocycles. The molecule has 0 unspecified atom stereocenters. The molecule has 60 valence electrons. The summed E-state index contributed by atoms with van der Waals surface area (Å²) in [4.78, 5) is 9.97. The Bertz CT molecular complexity index is 97.7. The summed E-state index contributed by atoms with van der Waals surface area (Å²) < 4.78 is 0. The van der Waals surface area contributed by atoms with E-state index in [2.05, 4.69) is 5.32 Å². The first kappa shape index (κ1) is 9.72. The van der Waals surface area contributed by atoms with E-state index in [1.807, 2.05) is 0 Å². The molecule has 10 heavy (non-hydrogen) atoms. The van der Waals surface area contributed by atoms with E-state index in [-0.39, 0.29) is 6.42 Å². The van der Waals surface area contributed by atoms with E-state index in [0.29, 0.717) is 12.4 Å². The van der Waals surface area contributed by atoms with Gasteiger partial charge in [0.25, 0.3) is 0 Å². The molecule has 2 N–H and O–H groups in total. The molecule has 0 amide bonds. The molecule has 0 bridgehead atoms. The summed E-state index contributed by atoms with van der Waals surface area (Å²) in [5, 5.41) is 11.2. The van der Waals surface area contributed by atoms with E-state index in [0.717, 1.165) is 13.0 Å². The van der Waals surface area contributed by atoms with Gasteiger partial charge in [0.1, 0.15) is 0 Å². The lowest BCUT2D eigenvalue weighted by Crippen LogP contribution is -2.19. The fourth-order valence-electron chi connectivity index (χ4n) is 0.512. The van der Waals surface area contributed by atoms with Gasteiger partial charge in [-0.25, -0.2) is 0 Å². The summed E-state index contributed by atoms with van der Waals surface area (Å²) >= 11 is 5.39. The summed E-state index contributed by atoms with van der Waals surface area (Å²) in [7, 11) is 0. The smallest absolute Gasteiger partial charge is 0.304 e. The number of carbonyl (C=O) groups is 1. The van der Waals surface area contributed by atoms with E-state index < -0.39 is 5.97 Å². The van der Waals surface area contributed by atoms with E-state index >= 15 is 0 Å². The first-order valence-electron chi connectivity index (χ1n) is 3.26. The van der Waals surface area contributed by atoms with Crippen LogP contribution in [0.2, 0.25) is 0 Å². The third kappa shape index (κ3) is 7.72. The Labute approximate surface area is 65.4 Å². The molecule has 0 heterocycles. The fraction of sp³-hybridized carbons (Fsp3) is 0.833. The molecular weight excluding hydrogens is 154 g/mol. The predicted molar refractivity (Wildman–Crippen MR) is 40.5 cm³/mol. The summed E-state index contributed by atoms with van der Waals surface area (Å²) in [5.41, 5.74) is 0. The third-order valence-corrected chi connectivity index (χ3v) is 1.27. The number of carboxylic acid groups (broad SMARTS) is 1. The van der Waals surface area contributed by atoms with Gasteiger partial charge in [-0.05, 0) is 13.0 Å². The van der Waals surface area contributed by atoms with Crippen LogP contribution in [0.25, 0.3) is 0 Å². The Balaban J connectivity index is 2.84. The van der Waals surface area contributed by atoms with Gasteiger partial charge in [0, 0.05) is 12.4 Å². The number of carboxylic acids is 1. The van der Waals surface area contributed by atoms with Crippen LogP contribution >= 0.6 is 11.6 Å². The minimum atomic E-state index is -0.765. The second-order valence-electron chi connectivity index (χ2n) is 1.94. The van der Waals surface area contributed by atoms with Gasteiger partial charge < -0.3 is 10.4 Å². The number of hydrogen-bond acceptors (Lipinski definition) is 2. The molecule has 0 fully saturated rings. The molecule has 0 radical (unpaired) electrons. The molecule has 0 spiro atoms. The second kappa shape index (κ2) is 6.83. The SMILES string of the molecule is O=C(O)CCNCCCCl. The van der Waals surface area contributed by atoms with Crippen molar-refractivity contribution in [3.63, 3.8) is 0 Å². The van der Waals surface area contributed by atoms with Crippen molar-refractivity contribution in [1.82, 2.24) is 5.32 Å². The normalized spacial score (nSPS) is 9.70. The van der Waals surface area contributed by atoms with Crippen molar-refractivity contribution in [1.29, 1.82) is 0 Å². The Morgan fingerprint density at radius 1 is 1.50 bits per heavy atom. The molecule has 0 saturated carbocycles. The van der Waals surface area contributed by atoms with Crippen molar-refractivity contribution in [3.05, 3.63) is 0 Å². The monoisotopic (exact) mass is 165 g/mol. The maximum Gasteiger partial charge on any atom is 0.304 e. The molecule has 0 aliphatic rings. The molecular formula is C6H12ClNO2. The largest absolute Gasteiger partial charge is 0.481 e. The van der Waals surface area contributed by atoms with Crippen molar-refractivity contribution in [3.8, 4) is 0 Å². The number of alkyl halides is 1. The summed E-state index contributed by atoms with van der Waals surface area (Å²) in [6, 6.07) is 0. The van der Waals surface area contributed by atoms with Crippen molar-refractivity contribution < 1.29 is 9.90 Å². The van der Waals surface area contributed by atoms with Gasteiger partial charge in [-0.15, -0.1) is 11.6 Å². The van der Waals surface area contributed by atoms with Crippen LogP contribution in [-0.4, -0.2) is 30.0 Å². The lowest BCUT2D eigenvalue weighted by Gasteiger charge is -1.98. The molecule has 4 heteroatoms. The second-order valence-corrected chi connectivity index (χ2v) is 2.31. The first-order chi connectivity index (χ1) is 4.77. The Hall–Kier alpha value is -0.280.